The molecule has 1 aliphatic heterocycles. The normalized spacial score (nSPS) is 17.7. The predicted molar refractivity (Wildman–Crippen MR) is 94.8 cm³/mol. The highest BCUT2D eigenvalue weighted by molar-refractivity contribution is 9.10. The SMILES string of the molecule is Cc1cc(Br)c2nc(N3CCC(C)(C)CC3)n(CF)c(=O)c2c1. The van der Waals surface area contributed by atoms with Crippen LogP contribution in [-0.4, -0.2) is 22.6 Å². The molecule has 0 saturated carbocycles. The lowest BCUT2D eigenvalue weighted by Gasteiger charge is -2.38. The van der Waals surface area contributed by atoms with Gasteiger partial charge in [0, 0.05) is 17.6 Å². The molecule has 23 heavy (non-hydrogen) atoms. The van der Waals surface area contributed by atoms with Gasteiger partial charge in [0.1, 0.15) is 0 Å². The highest BCUT2D eigenvalue weighted by Gasteiger charge is 2.28. The van der Waals surface area contributed by atoms with Gasteiger partial charge >= 0.3 is 0 Å². The lowest BCUT2D eigenvalue weighted by atomic mass is 9.83. The number of anilines is 1. The van der Waals surface area contributed by atoms with Crippen LogP contribution in [0.2, 0.25) is 0 Å². The Morgan fingerprint density at radius 2 is 1.96 bits per heavy atom. The van der Waals surface area contributed by atoms with Gasteiger partial charge in [-0.2, -0.15) is 0 Å². The van der Waals surface area contributed by atoms with Crippen molar-refractivity contribution in [2.45, 2.75) is 40.4 Å². The van der Waals surface area contributed by atoms with Gasteiger partial charge in [0.15, 0.2) is 6.80 Å². The Kier molecular flexibility index (Phi) is 4.21. The summed E-state index contributed by atoms with van der Waals surface area (Å²) in [4.78, 5) is 19.3. The van der Waals surface area contributed by atoms with Crippen molar-refractivity contribution >= 4 is 32.8 Å². The molecule has 0 atom stereocenters. The van der Waals surface area contributed by atoms with Crippen LogP contribution >= 0.6 is 15.9 Å². The van der Waals surface area contributed by atoms with Crippen LogP contribution in [0.4, 0.5) is 10.3 Å². The summed E-state index contributed by atoms with van der Waals surface area (Å²) < 4.78 is 15.5. The molecule has 0 N–H and O–H groups in total. The molecule has 0 aliphatic carbocycles. The highest BCUT2D eigenvalue weighted by Crippen LogP contribution is 2.32. The van der Waals surface area contributed by atoms with Crippen LogP contribution in [0.15, 0.2) is 21.4 Å². The van der Waals surface area contributed by atoms with Crippen molar-refractivity contribution in [1.82, 2.24) is 9.55 Å². The van der Waals surface area contributed by atoms with E-state index in [1.807, 2.05) is 17.9 Å². The second kappa shape index (κ2) is 5.89. The average Bonchev–Trinajstić information content (AvgIpc) is 2.48. The molecular weight excluding hydrogens is 361 g/mol. The maximum absolute atomic E-state index is 13.6. The minimum atomic E-state index is -0.859. The summed E-state index contributed by atoms with van der Waals surface area (Å²) in [6.07, 6.45) is 2.00. The first-order chi connectivity index (χ1) is 10.8. The molecule has 6 heteroatoms. The van der Waals surface area contributed by atoms with Crippen LogP contribution in [0.25, 0.3) is 10.9 Å². The van der Waals surface area contributed by atoms with Crippen LogP contribution in [0.5, 0.6) is 0 Å². The van der Waals surface area contributed by atoms with Gasteiger partial charge in [0.05, 0.1) is 10.9 Å². The lowest BCUT2D eigenvalue weighted by molar-refractivity contribution is 0.274. The van der Waals surface area contributed by atoms with E-state index in [0.29, 0.717) is 16.9 Å². The summed E-state index contributed by atoms with van der Waals surface area (Å²) >= 11 is 3.48. The molecule has 0 unspecified atom stereocenters. The van der Waals surface area contributed by atoms with Crippen molar-refractivity contribution in [2.24, 2.45) is 5.41 Å². The minimum Gasteiger partial charge on any atom is -0.342 e. The number of alkyl halides is 1. The number of hydrogen-bond acceptors (Lipinski definition) is 3. The highest BCUT2D eigenvalue weighted by atomic mass is 79.9. The van der Waals surface area contributed by atoms with Gasteiger partial charge in [-0.1, -0.05) is 13.8 Å². The quantitative estimate of drug-likeness (QED) is 0.788. The summed E-state index contributed by atoms with van der Waals surface area (Å²) in [5.74, 6) is 0.435. The zero-order chi connectivity index (χ0) is 16.8. The van der Waals surface area contributed by atoms with E-state index in [4.69, 9.17) is 0 Å². The van der Waals surface area contributed by atoms with Gasteiger partial charge in [0.25, 0.3) is 5.56 Å². The summed E-state index contributed by atoms with van der Waals surface area (Å²) in [6.45, 7) is 7.09. The zero-order valence-corrected chi connectivity index (χ0v) is 15.3. The van der Waals surface area contributed by atoms with E-state index < -0.39 is 6.80 Å². The van der Waals surface area contributed by atoms with Crippen molar-refractivity contribution in [2.75, 3.05) is 18.0 Å². The van der Waals surface area contributed by atoms with Crippen molar-refractivity contribution in [3.8, 4) is 0 Å². The molecule has 1 saturated heterocycles. The maximum atomic E-state index is 13.6. The molecule has 3 rings (SSSR count). The number of rotatable bonds is 2. The first-order valence-electron chi connectivity index (χ1n) is 7.84. The summed E-state index contributed by atoms with van der Waals surface area (Å²) in [6, 6.07) is 3.70. The minimum absolute atomic E-state index is 0.284. The van der Waals surface area contributed by atoms with Crippen molar-refractivity contribution < 1.29 is 4.39 Å². The number of nitrogens with zero attached hydrogens (tertiary/aromatic N) is 3. The Morgan fingerprint density at radius 1 is 1.30 bits per heavy atom. The topological polar surface area (TPSA) is 38.1 Å². The van der Waals surface area contributed by atoms with Crippen LogP contribution in [0.1, 0.15) is 32.3 Å². The van der Waals surface area contributed by atoms with Gasteiger partial charge in [0.2, 0.25) is 5.95 Å². The summed E-state index contributed by atoms with van der Waals surface area (Å²) in [5.41, 5.74) is 1.51. The average molecular weight is 382 g/mol. The fraction of sp³-hybridized carbons (Fsp3) is 0.529. The van der Waals surface area contributed by atoms with E-state index in [9.17, 15) is 9.18 Å². The second-order valence-electron chi connectivity index (χ2n) is 7.06. The van der Waals surface area contributed by atoms with Crippen LogP contribution in [-0.2, 0) is 6.80 Å². The number of hydrogen-bond donors (Lipinski definition) is 0. The fourth-order valence-electron chi connectivity index (χ4n) is 3.07. The molecule has 1 aromatic heterocycles. The zero-order valence-electron chi connectivity index (χ0n) is 13.7. The number of piperidine rings is 1. The Morgan fingerprint density at radius 3 is 2.57 bits per heavy atom. The molecule has 4 nitrogen and oxygen atoms in total. The van der Waals surface area contributed by atoms with Crippen molar-refractivity contribution in [3.63, 3.8) is 0 Å². The Hall–Kier alpha value is -1.43. The molecule has 2 aromatic rings. The van der Waals surface area contributed by atoms with Crippen molar-refractivity contribution in [3.05, 3.63) is 32.5 Å². The molecule has 1 fully saturated rings. The van der Waals surface area contributed by atoms with E-state index in [1.165, 1.54) is 0 Å². The molecular formula is C17H21BrFN3O. The molecule has 0 amide bonds. The molecule has 124 valence electrons. The van der Waals surface area contributed by atoms with Crippen LogP contribution in [0.3, 0.4) is 0 Å². The van der Waals surface area contributed by atoms with Crippen LogP contribution < -0.4 is 10.5 Å². The third-order valence-electron chi connectivity index (χ3n) is 4.66. The number of halogens is 2. The Balaban J connectivity index is 2.16. The van der Waals surface area contributed by atoms with E-state index >= 15 is 0 Å². The first-order valence-corrected chi connectivity index (χ1v) is 8.63. The molecule has 0 spiro atoms. The summed E-state index contributed by atoms with van der Waals surface area (Å²) in [5, 5.41) is 0.454. The monoisotopic (exact) mass is 381 g/mol. The molecule has 1 aromatic carbocycles. The molecule has 0 radical (unpaired) electrons. The molecule has 1 aliphatic rings. The van der Waals surface area contributed by atoms with Gasteiger partial charge in [-0.15, -0.1) is 0 Å². The second-order valence-corrected chi connectivity index (χ2v) is 7.91. The van der Waals surface area contributed by atoms with Gasteiger partial charge in [-0.3, -0.25) is 4.79 Å². The number of aromatic nitrogens is 2. The van der Waals surface area contributed by atoms with E-state index in [2.05, 4.69) is 34.8 Å². The number of aryl methyl sites for hydroxylation is 1. The van der Waals surface area contributed by atoms with Crippen molar-refractivity contribution in [1.29, 1.82) is 0 Å². The van der Waals surface area contributed by atoms with Gasteiger partial charge < -0.3 is 4.90 Å². The fourth-order valence-corrected chi connectivity index (χ4v) is 3.73. The number of fused-ring (bicyclic) bond motifs is 1. The van der Waals surface area contributed by atoms with E-state index in [0.717, 1.165) is 40.5 Å². The Labute approximate surface area is 143 Å². The number of benzene rings is 1. The third kappa shape index (κ3) is 3.01. The maximum Gasteiger partial charge on any atom is 0.265 e. The summed E-state index contributed by atoms with van der Waals surface area (Å²) in [7, 11) is 0. The lowest BCUT2D eigenvalue weighted by Crippen LogP contribution is -2.41. The third-order valence-corrected chi connectivity index (χ3v) is 5.26. The van der Waals surface area contributed by atoms with Gasteiger partial charge in [-0.25, -0.2) is 13.9 Å². The van der Waals surface area contributed by atoms with E-state index in [1.54, 1.807) is 6.07 Å². The molecule has 0 bridgehead atoms. The van der Waals surface area contributed by atoms with E-state index in [-0.39, 0.29) is 11.0 Å². The first kappa shape index (κ1) is 16.4. The largest absolute Gasteiger partial charge is 0.342 e. The van der Waals surface area contributed by atoms with Crippen LogP contribution in [0, 0.1) is 12.3 Å². The smallest absolute Gasteiger partial charge is 0.265 e. The predicted octanol–water partition coefficient (Wildman–Crippen LogP) is 4.02. The standard InChI is InChI=1S/C17H21BrFN3O/c1-11-8-12-14(13(18)9-11)20-16(22(10-19)15(12)23)21-6-4-17(2,3)5-7-21/h8-9H,4-7,10H2,1-3H3. The van der Waals surface area contributed by atoms with Gasteiger partial charge in [-0.05, 0) is 58.8 Å². The molecule has 2 heterocycles. The Bertz CT molecular complexity index is 806.